The predicted molar refractivity (Wildman–Crippen MR) is 85.9 cm³/mol. The third-order valence-electron chi connectivity index (χ3n) is 2.92. The summed E-state index contributed by atoms with van der Waals surface area (Å²) in [5.74, 6) is -0.429. The minimum atomic E-state index is -3.83. The van der Waals surface area contributed by atoms with E-state index in [9.17, 15) is 21.6 Å². The van der Waals surface area contributed by atoms with Crippen molar-refractivity contribution in [2.45, 2.75) is 6.54 Å². The molecule has 0 radical (unpaired) electrons. The van der Waals surface area contributed by atoms with E-state index in [0.29, 0.717) is 15.8 Å². The zero-order valence-electron chi connectivity index (χ0n) is 13.1. The van der Waals surface area contributed by atoms with Crippen molar-refractivity contribution in [1.29, 1.82) is 0 Å². The molecule has 0 aromatic heterocycles. The van der Waals surface area contributed by atoms with Crippen molar-refractivity contribution in [1.82, 2.24) is 9.03 Å². The number of carbonyl (C=O) groups excluding carboxylic acids is 1. The third-order valence-corrected chi connectivity index (χ3v) is 6.38. The molecule has 0 aliphatic rings. The maximum Gasteiger partial charge on any atom is 0.337 e. The van der Waals surface area contributed by atoms with E-state index in [4.69, 9.17) is 0 Å². The van der Waals surface area contributed by atoms with Crippen LogP contribution in [0.2, 0.25) is 0 Å². The molecule has 0 saturated heterocycles. The molecule has 23 heavy (non-hydrogen) atoms. The molecule has 0 amide bonds. The zero-order chi connectivity index (χ0) is 17.7. The van der Waals surface area contributed by atoms with E-state index in [-0.39, 0.29) is 13.1 Å². The summed E-state index contributed by atoms with van der Waals surface area (Å²) in [7, 11) is -6.36. The molecule has 0 unspecified atom stereocenters. The first kappa shape index (κ1) is 19.6. The highest BCUT2D eigenvalue weighted by Gasteiger charge is 2.25. The maximum absolute atomic E-state index is 11.4. The van der Waals surface area contributed by atoms with Gasteiger partial charge in [-0.25, -0.2) is 21.6 Å². The normalized spacial score (nSPS) is 12.3. The third kappa shape index (κ3) is 6.26. The summed E-state index contributed by atoms with van der Waals surface area (Å²) < 4.78 is 50.8. The first-order valence-electron chi connectivity index (χ1n) is 6.61. The average Bonchev–Trinajstić information content (AvgIpc) is 2.44. The van der Waals surface area contributed by atoms with Crippen LogP contribution in [0.3, 0.4) is 0 Å². The lowest BCUT2D eigenvalue weighted by Crippen LogP contribution is -2.39. The number of methoxy groups -OCH3 is 1. The summed E-state index contributed by atoms with van der Waals surface area (Å²) in [6.07, 6.45) is 1.69. The van der Waals surface area contributed by atoms with E-state index in [1.165, 1.54) is 7.11 Å². The van der Waals surface area contributed by atoms with Crippen molar-refractivity contribution in [3.05, 3.63) is 35.4 Å². The number of esters is 1. The molecule has 0 aliphatic heterocycles. The maximum atomic E-state index is 11.4. The minimum Gasteiger partial charge on any atom is -0.465 e. The molecule has 1 aromatic rings. The SMILES string of the molecule is COC(=O)c1ccc(CNCCN(S(C)(=O)=O)S(C)(=O)=O)cc1. The summed E-state index contributed by atoms with van der Waals surface area (Å²) in [5, 5.41) is 2.95. The number of hydrogen-bond acceptors (Lipinski definition) is 7. The largest absolute Gasteiger partial charge is 0.465 e. The summed E-state index contributed by atoms with van der Waals surface area (Å²) in [5.41, 5.74) is 1.29. The molecule has 1 rings (SSSR count). The van der Waals surface area contributed by atoms with Crippen molar-refractivity contribution >= 4 is 26.0 Å². The first-order chi connectivity index (χ1) is 10.6. The van der Waals surface area contributed by atoms with Gasteiger partial charge >= 0.3 is 5.97 Å². The van der Waals surface area contributed by atoms with Crippen molar-refractivity contribution in [2.24, 2.45) is 0 Å². The van der Waals surface area contributed by atoms with Crippen molar-refractivity contribution in [3.63, 3.8) is 0 Å². The second-order valence-corrected chi connectivity index (χ2v) is 8.93. The van der Waals surface area contributed by atoms with Crippen LogP contribution in [0.15, 0.2) is 24.3 Å². The predicted octanol–water partition coefficient (Wildman–Crippen LogP) is -0.216. The second kappa shape index (κ2) is 7.86. The Morgan fingerprint density at radius 2 is 1.61 bits per heavy atom. The van der Waals surface area contributed by atoms with E-state index in [2.05, 4.69) is 10.1 Å². The molecule has 130 valence electrons. The highest BCUT2D eigenvalue weighted by Crippen LogP contribution is 2.06. The molecule has 0 saturated carbocycles. The fraction of sp³-hybridized carbons (Fsp3) is 0.462. The lowest BCUT2D eigenvalue weighted by atomic mass is 10.1. The number of ether oxygens (including phenoxy) is 1. The van der Waals surface area contributed by atoms with Gasteiger partial charge < -0.3 is 10.1 Å². The van der Waals surface area contributed by atoms with Gasteiger partial charge in [0.05, 0.1) is 25.2 Å². The van der Waals surface area contributed by atoms with Gasteiger partial charge in [0.1, 0.15) is 0 Å². The van der Waals surface area contributed by atoms with Crippen molar-refractivity contribution in [3.8, 4) is 0 Å². The average molecular weight is 364 g/mol. The van der Waals surface area contributed by atoms with Gasteiger partial charge in [0.2, 0.25) is 20.0 Å². The number of sulfonamides is 2. The molecule has 0 bridgehead atoms. The molecule has 10 heteroatoms. The molecule has 1 N–H and O–H groups in total. The van der Waals surface area contributed by atoms with Crippen LogP contribution in [0.1, 0.15) is 15.9 Å². The van der Waals surface area contributed by atoms with E-state index in [1.807, 2.05) is 0 Å². The van der Waals surface area contributed by atoms with Gasteiger partial charge in [0, 0.05) is 19.6 Å². The Hall–Kier alpha value is -1.49. The Morgan fingerprint density at radius 3 is 2.04 bits per heavy atom. The summed E-state index contributed by atoms with van der Waals surface area (Å²) in [6.45, 7) is 0.389. The lowest BCUT2D eigenvalue weighted by molar-refractivity contribution is 0.0600. The van der Waals surface area contributed by atoms with Crippen LogP contribution in [0, 0.1) is 0 Å². The molecule has 8 nitrogen and oxygen atoms in total. The van der Waals surface area contributed by atoms with Gasteiger partial charge in [-0.15, -0.1) is 0 Å². The number of carbonyl (C=O) groups is 1. The monoisotopic (exact) mass is 364 g/mol. The lowest BCUT2D eigenvalue weighted by Gasteiger charge is -2.17. The summed E-state index contributed by atoms with van der Waals surface area (Å²) >= 11 is 0. The summed E-state index contributed by atoms with van der Waals surface area (Å²) in [6, 6.07) is 6.68. The zero-order valence-corrected chi connectivity index (χ0v) is 14.8. The Labute approximate surface area is 136 Å². The number of hydrogen-bond donors (Lipinski definition) is 1. The van der Waals surface area contributed by atoms with E-state index in [1.54, 1.807) is 24.3 Å². The van der Waals surface area contributed by atoms with Gasteiger partial charge in [0.15, 0.2) is 0 Å². The Balaban J connectivity index is 2.55. The van der Waals surface area contributed by atoms with Crippen LogP contribution in [0.5, 0.6) is 0 Å². The van der Waals surface area contributed by atoms with E-state index in [0.717, 1.165) is 18.1 Å². The van der Waals surface area contributed by atoms with Gasteiger partial charge in [-0.3, -0.25) is 0 Å². The van der Waals surface area contributed by atoms with Crippen LogP contribution in [-0.2, 0) is 31.3 Å². The highest BCUT2D eigenvalue weighted by atomic mass is 32.3. The second-order valence-electron chi connectivity index (χ2n) is 4.89. The van der Waals surface area contributed by atoms with Gasteiger partial charge in [-0.05, 0) is 17.7 Å². The fourth-order valence-corrected chi connectivity index (χ4v) is 4.67. The standard InChI is InChI=1S/C13H20N2O6S2/c1-21-13(16)12-6-4-11(5-7-12)10-14-8-9-15(22(2,17)18)23(3,19)20/h4-7,14H,8-10H2,1-3H3. The van der Waals surface area contributed by atoms with Crippen molar-refractivity contribution < 1.29 is 26.4 Å². The van der Waals surface area contributed by atoms with Crippen molar-refractivity contribution in [2.75, 3.05) is 32.7 Å². The molecule has 1 aromatic carbocycles. The van der Waals surface area contributed by atoms with E-state index < -0.39 is 26.0 Å². The number of nitrogens with one attached hydrogen (secondary N) is 1. The van der Waals surface area contributed by atoms with E-state index >= 15 is 0 Å². The quantitative estimate of drug-likeness (QED) is 0.502. The number of rotatable bonds is 8. The van der Waals surface area contributed by atoms with Crippen LogP contribution in [0.4, 0.5) is 0 Å². The molecule has 0 atom stereocenters. The Morgan fingerprint density at radius 1 is 1.09 bits per heavy atom. The van der Waals surface area contributed by atoms with Gasteiger partial charge in [-0.1, -0.05) is 15.8 Å². The van der Waals surface area contributed by atoms with Gasteiger partial charge in [0.25, 0.3) is 0 Å². The molecule has 0 spiro atoms. The number of benzene rings is 1. The topological polar surface area (TPSA) is 110 Å². The number of nitrogens with zero attached hydrogens (tertiary/aromatic N) is 1. The Kier molecular flexibility index (Phi) is 6.69. The van der Waals surface area contributed by atoms with Gasteiger partial charge in [-0.2, -0.15) is 0 Å². The van der Waals surface area contributed by atoms with Crippen LogP contribution in [-0.4, -0.2) is 59.2 Å². The molecule has 0 fully saturated rings. The smallest absolute Gasteiger partial charge is 0.337 e. The van der Waals surface area contributed by atoms with Crippen LogP contribution >= 0.6 is 0 Å². The molecular weight excluding hydrogens is 344 g/mol. The Bertz CT molecular complexity index is 709. The fourth-order valence-electron chi connectivity index (χ4n) is 1.86. The molecule has 0 aliphatic carbocycles. The minimum absolute atomic E-state index is 0.166. The van der Waals surface area contributed by atoms with Crippen LogP contribution < -0.4 is 5.32 Å². The molecule has 0 heterocycles. The van der Waals surface area contributed by atoms with Crippen LogP contribution in [0.25, 0.3) is 0 Å². The summed E-state index contributed by atoms with van der Waals surface area (Å²) in [4.78, 5) is 11.3. The highest BCUT2D eigenvalue weighted by molar-refractivity contribution is 8.03. The molecular formula is C13H20N2O6S2. The first-order valence-corrected chi connectivity index (χ1v) is 10.3.